The molecule has 2 aromatic heterocycles. The molecule has 0 radical (unpaired) electrons. The van der Waals surface area contributed by atoms with Gasteiger partial charge < -0.3 is 5.32 Å². The minimum absolute atomic E-state index is 0.174. The van der Waals surface area contributed by atoms with Gasteiger partial charge in [-0.15, -0.1) is 0 Å². The van der Waals surface area contributed by atoms with E-state index >= 15 is 0 Å². The van der Waals surface area contributed by atoms with Crippen LogP contribution in [0.15, 0.2) is 55.0 Å². The second-order valence-corrected chi connectivity index (χ2v) is 4.94. The summed E-state index contributed by atoms with van der Waals surface area (Å²) in [5, 5.41) is 4.24. The molecule has 4 nitrogen and oxygen atoms in total. The zero-order valence-corrected chi connectivity index (χ0v) is 11.8. The van der Waals surface area contributed by atoms with E-state index in [2.05, 4.69) is 15.3 Å². The Morgan fingerprint density at radius 3 is 2.71 bits per heavy atom. The molecule has 2 heterocycles. The minimum atomic E-state index is -0.174. The van der Waals surface area contributed by atoms with Gasteiger partial charge in [-0.1, -0.05) is 11.6 Å². The van der Waals surface area contributed by atoms with E-state index in [0.29, 0.717) is 22.6 Å². The highest BCUT2D eigenvalue weighted by molar-refractivity contribution is 6.36. The lowest BCUT2D eigenvalue weighted by Crippen LogP contribution is -2.23. The van der Waals surface area contributed by atoms with Crippen molar-refractivity contribution in [3.05, 3.63) is 71.1 Å². The molecule has 0 fully saturated rings. The lowest BCUT2D eigenvalue weighted by atomic mass is 10.1. The summed E-state index contributed by atoms with van der Waals surface area (Å²) in [6.45, 7) is 0.443. The number of nitrogens with zero attached hydrogens (tertiary/aromatic N) is 2. The molecule has 0 saturated heterocycles. The predicted octanol–water partition coefficient (Wildman–Crippen LogP) is 3.21. The fourth-order valence-corrected chi connectivity index (χ4v) is 2.31. The van der Waals surface area contributed by atoms with Crippen molar-refractivity contribution in [1.82, 2.24) is 15.3 Å². The van der Waals surface area contributed by atoms with Crippen LogP contribution in [0.5, 0.6) is 0 Å². The summed E-state index contributed by atoms with van der Waals surface area (Å²) < 4.78 is 0. The molecule has 0 unspecified atom stereocenters. The maximum atomic E-state index is 12.3. The molecule has 1 aromatic carbocycles. The molecule has 0 spiro atoms. The number of rotatable bonds is 3. The molecule has 0 atom stereocenters. The Morgan fingerprint density at radius 2 is 1.90 bits per heavy atom. The summed E-state index contributed by atoms with van der Waals surface area (Å²) in [5.74, 6) is -0.174. The van der Waals surface area contributed by atoms with Crippen LogP contribution in [0.2, 0.25) is 5.02 Å². The van der Waals surface area contributed by atoms with Crippen molar-refractivity contribution < 1.29 is 4.79 Å². The van der Waals surface area contributed by atoms with Crippen molar-refractivity contribution in [2.24, 2.45) is 0 Å². The quantitative estimate of drug-likeness (QED) is 0.807. The van der Waals surface area contributed by atoms with Gasteiger partial charge in [-0.2, -0.15) is 0 Å². The summed E-state index contributed by atoms with van der Waals surface area (Å²) >= 11 is 6.13. The Hall–Kier alpha value is -2.46. The number of carbonyl (C=O) groups excluding carboxylic acids is 1. The Morgan fingerprint density at radius 1 is 1.10 bits per heavy atom. The van der Waals surface area contributed by atoms with Gasteiger partial charge in [-0.25, -0.2) is 0 Å². The average Bonchev–Trinajstić information content (AvgIpc) is 2.54. The van der Waals surface area contributed by atoms with Gasteiger partial charge in [0.25, 0.3) is 5.91 Å². The van der Waals surface area contributed by atoms with E-state index in [9.17, 15) is 4.79 Å². The SMILES string of the molecule is O=C(NCc1ccncc1)c1ccc(Cl)c2cccnc12. The van der Waals surface area contributed by atoms with E-state index in [4.69, 9.17) is 11.6 Å². The van der Waals surface area contributed by atoms with Crippen LogP contribution < -0.4 is 5.32 Å². The number of hydrogen-bond donors (Lipinski definition) is 1. The highest BCUT2D eigenvalue weighted by Crippen LogP contribution is 2.24. The fraction of sp³-hybridized carbons (Fsp3) is 0.0625. The summed E-state index contributed by atoms with van der Waals surface area (Å²) in [6.07, 6.45) is 5.04. The highest BCUT2D eigenvalue weighted by Gasteiger charge is 2.12. The summed E-state index contributed by atoms with van der Waals surface area (Å²) in [6, 6.07) is 10.8. The number of nitrogens with one attached hydrogen (secondary N) is 1. The van der Waals surface area contributed by atoms with Gasteiger partial charge in [-0.3, -0.25) is 14.8 Å². The zero-order chi connectivity index (χ0) is 14.7. The number of aromatic nitrogens is 2. The molecule has 1 amide bonds. The monoisotopic (exact) mass is 297 g/mol. The minimum Gasteiger partial charge on any atom is -0.348 e. The van der Waals surface area contributed by atoms with Crippen molar-refractivity contribution in [2.75, 3.05) is 0 Å². The van der Waals surface area contributed by atoms with E-state index in [0.717, 1.165) is 10.9 Å². The van der Waals surface area contributed by atoms with Crippen molar-refractivity contribution in [2.45, 2.75) is 6.54 Å². The first-order valence-corrected chi connectivity index (χ1v) is 6.84. The number of fused-ring (bicyclic) bond motifs is 1. The van der Waals surface area contributed by atoms with Gasteiger partial charge in [-0.05, 0) is 42.0 Å². The van der Waals surface area contributed by atoms with E-state index in [1.165, 1.54) is 0 Å². The third kappa shape index (κ3) is 2.85. The first-order valence-electron chi connectivity index (χ1n) is 6.46. The highest BCUT2D eigenvalue weighted by atomic mass is 35.5. The molecule has 104 valence electrons. The molecular weight excluding hydrogens is 286 g/mol. The number of carbonyl (C=O) groups is 1. The first-order chi connectivity index (χ1) is 10.3. The van der Waals surface area contributed by atoms with Crippen LogP contribution in [0.25, 0.3) is 10.9 Å². The number of pyridine rings is 2. The second kappa shape index (κ2) is 5.89. The summed E-state index contributed by atoms with van der Waals surface area (Å²) in [4.78, 5) is 20.5. The van der Waals surface area contributed by atoms with Crippen LogP contribution >= 0.6 is 11.6 Å². The van der Waals surface area contributed by atoms with Gasteiger partial charge in [0.05, 0.1) is 16.1 Å². The molecular formula is C16H12ClN3O. The van der Waals surface area contributed by atoms with E-state index in [1.54, 1.807) is 36.8 Å². The zero-order valence-electron chi connectivity index (χ0n) is 11.1. The second-order valence-electron chi connectivity index (χ2n) is 4.53. The first kappa shape index (κ1) is 13.5. The molecule has 1 N–H and O–H groups in total. The molecule has 3 rings (SSSR count). The third-order valence-electron chi connectivity index (χ3n) is 3.16. The van der Waals surface area contributed by atoms with Crippen molar-refractivity contribution in [3.63, 3.8) is 0 Å². The number of hydrogen-bond acceptors (Lipinski definition) is 3. The Bertz CT molecular complexity index is 790. The average molecular weight is 298 g/mol. The third-order valence-corrected chi connectivity index (χ3v) is 3.49. The van der Waals surface area contributed by atoms with Crippen LogP contribution in [-0.4, -0.2) is 15.9 Å². The predicted molar refractivity (Wildman–Crippen MR) is 82.2 cm³/mol. The normalized spacial score (nSPS) is 10.5. The standard InChI is InChI=1S/C16H12ClN3O/c17-14-4-3-13(15-12(14)2-1-7-19-15)16(21)20-10-11-5-8-18-9-6-11/h1-9H,10H2,(H,20,21). The lowest BCUT2D eigenvalue weighted by Gasteiger charge is -2.08. The summed E-state index contributed by atoms with van der Waals surface area (Å²) in [7, 11) is 0. The topological polar surface area (TPSA) is 54.9 Å². The maximum absolute atomic E-state index is 12.3. The fourth-order valence-electron chi connectivity index (χ4n) is 2.10. The lowest BCUT2D eigenvalue weighted by molar-refractivity contribution is 0.0952. The molecule has 0 aliphatic rings. The maximum Gasteiger partial charge on any atom is 0.253 e. The molecule has 0 saturated carbocycles. The molecule has 21 heavy (non-hydrogen) atoms. The molecule has 0 bridgehead atoms. The van der Waals surface area contributed by atoms with E-state index in [-0.39, 0.29) is 5.91 Å². The van der Waals surface area contributed by atoms with Crippen LogP contribution in [0.4, 0.5) is 0 Å². The van der Waals surface area contributed by atoms with Crippen LogP contribution in [0.1, 0.15) is 15.9 Å². The Labute approximate surface area is 126 Å². The molecule has 5 heteroatoms. The Balaban J connectivity index is 1.87. The summed E-state index contributed by atoms with van der Waals surface area (Å²) in [5.41, 5.74) is 2.12. The van der Waals surface area contributed by atoms with Gasteiger partial charge in [0.1, 0.15) is 0 Å². The van der Waals surface area contributed by atoms with Crippen molar-refractivity contribution in [1.29, 1.82) is 0 Å². The number of benzene rings is 1. The smallest absolute Gasteiger partial charge is 0.253 e. The van der Waals surface area contributed by atoms with E-state index in [1.807, 2.05) is 18.2 Å². The van der Waals surface area contributed by atoms with Gasteiger partial charge in [0, 0.05) is 30.5 Å². The van der Waals surface area contributed by atoms with Crippen molar-refractivity contribution in [3.8, 4) is 0 Å². The van der Waals surface area contributed by atoms with Gasteiger partial charge in [0.15, 0.2) is 0 Å². The number of halogens is 1. The van der Waals surface area contributed by atoms with E-state index < -0.39 is 0 Å². The van der Waals surface area contributed by atoms with Crippen molar-refractivity contribution >= 4 is 28.4 Å². The molecule has 0 aliphatic heterocycles. The van der Waals surface area contributed by atoms with Crippen LogP contribution in [0.3, 0.4) is 0 Å². The molecule has 0 aliphatic carbocycles. The van der Waals surface area contributed by atoms with Crippen LogP contribution in [0, 0.1) is 0 Å². The van der Waals surface area contributed by atoms with Gasteiger partial charge in [0.2, 0.25) is 0 Å². The number of amides is 1. The van der Waals surface area contributed by atoms with Gasteiger partial charge >= 0.3 is 0 Å². The van der Waals surface area contributed by atoms with Crippen LogP contribution in [-0.2, 0) is 6.54 Å². The Kier molecular flexibility index (Phi) is 3.79. The molecule has 3 aromatic rings. The largest absolute Gasteiger partial charge is 0.348 e.